The molecule has 1 unspecified atom stereocenters. The summed E-state index contributed by atoms with van der Waals surface area (Å²) in [6.07, 6.45) is 0.836. The number of aryl methyl sites for hydroxylation is 1. The van der Waals surface area contributed by atoms with Crippen LogP contribution in [0.25, 0.3) is 0 Å². The number of carboxylic acid groups (broad SMARTS) is 1. The maximum atomic E-state index is 11.8. The molecule has 0 saturated carbocycles. The summed E-state index contributed by atoms with van der Waals surface area (Å²) in [5.41, 5.74) is 4.11. The minimum atomic E-state index is -0.787. The molecule has 4 heteroatoms. The Morgan fingerprint density at radius 2 is 2.05 bits per heavy atom. The van der Waals surface area contributed by atoms with E-state index in [-0.39, 0.29) is 18.2 Å². The van der Waals surface area contributed by atoms with Gasteiger partial charge in [0.1, 0.15) is 0 Å². The van der Waals surface area contributed by atoms with Crippen LogP contribution < -0.4 is 4.90 Å². The summed E-state index contributed by atoms with van der Waals surface area (Å²) < 4.78 is 0. The predicted molar refractivity (Wildman–Crippen MR) is 73.6 cm³/mol. The predicted octanol–water partition coefficient (Wildman–Crippen LogP) is 2.62. The molecular formula is C15H19NO3. The molecule has 0 fully saturated rings. The van der Waals surface area contributed by atoms with Crippen LogP contribution >= 0.6 is 0 Å². The lowest BCUT2D eigenvalue weighted by atomic mass is 9.84. The maximum Gasteiger partial charge on any atom is 0.303 e. The molecule has 1 amide bonds. The van der Waals surface area contributed by atoms with E-state index in [2.05, 4.69) is 0 Å². The second-order valence-electron chi connectivity index (χ2n) is 5.20. The van der Waals surface area contributed by atoms with Crippen molar-refractivity contribution in [2.45, 2.75) is 39.5 Å². The zero-order chi connectivity index (χ0) is 14.2. The highest BCUT2D eigenvalue weighted by molar-refractivity contribution is 5.94. The van der Waals surface area contributed by atoms with Crippen molar-refractivity contribution < 1.29 is 14.7 Å². The van der Waals surface area contributed by atoms with E-state index in [0.717, 1.165) is 22.4 Å². The highest BCUT2D eigenvalue weighted by Gasteiger charge is 2.30. The Kier molecular flexibility index (Phi) is 3.60. The van der Waals surface area contributed by atoms with Crippen molar-refractivity contribution in [2.24, 2.45) is 0 Å². The summed E-state index contributed by atoms with van der Waals surface area (Å²) in [5, 5.41) is 9.01. The van der Waals surface area contributed by atoms with Gasteiger partial charge in [-0.1, -0.05) is 12.1 Å². The Hall–Kier alpha value is -1.84. The van der Waals surface area contributed by atoms with Gasteiger partial charge in [-0.3, -0.25) is 9.59 Å². The van der Waals surface area contributed by atoms with E-state index in [1.165, 1.54) is 0 Å². The molecule has 1 aromatic carbocycles. The maximum absolute atomic E-state index is 11.8. The van der Waals surface area contributed by atoms with Gasteiger partial charge in [0.25, 0.3) is 0 Å². The molecule has 2 rings (SSSR count). The molecule has 0 bridgehead atoms. The van der Waals surface area contributed by atoms with Crippen LogP contribution in [0.5, 0.6) is 0 Å². The van der Waals surface area contributed by atoms with Crippen LogP contribution in [0.15, 0.2) is 12.1 Å². The summed E-state index contributed by atoms with van der Waals surface area (Å²) in [5.74, 6) is -0.767. The van der Waals surface area contributed by atoms with Crippen molar-refractivity contribution in [1.29, 1.82) is 0 Å². The lowest BCUT2D eigenvalue weighted by Gasteiger charge is -2.35. The Balaban J connectivity index is 2.53. The van der Waals surface area contributed by atoms with Gasteiger partial charge in [-0.2, -0.15) is 0 Å². The summed E-state index contributed by atoms with van der Waals surface area (Å²) in [7, 11) is 0. The minimum Gasteiger partial charge on any atom is -0.481 e. The van der Waals surface area contributed by atoms with Crippen molar-refractivity contribution in [2.75, 3.05) is 11.4 Å². The van der Waals surface area contributed by atoms with Gasteiger partial charge in [0.2, 0.25) is 5.91 Å². The molecule has 1 aliphatic rings. The van der Waals surface area contributed by atoms with Crippen LogP contribution in [0.1, 0.15) is 42.4 Å². The number of amides is 1. The van der Waals surface area contributed by atoms with Gasteiger partial charge in [0.15, 0.2) is 0 Å². The molecule has 102 valence electrons. The third kappa shape index (κ3) is 2.48. The monoisotopic (exact) mass is 261 g/mol. The summed E-state index contributed by atoms with van der Waals surface area (Å²) >= 11 is 0. The lowest BCUT2D eigenvalue weighted by molar-refractivity contribution is -0.137. The van der Waals surface area contributed by atoms with Crippen LogP contribution in [0.2, 0.25) is 0 Å². The SMILES string of the molecule is CC(=O)N1CCC(CC(=O)O)c2ccc(C)c(C)c21. The highest BCUT2D eigenvalue weighted by atomic mass is 16.4. The van der Waals surface area contributed by atoms with Crippen molar-refractivity contribution in [3.8, 4) is 0 Å². The average molecular weight is 261 g/mol. The van der Waals surface area contributed by atoms with E-state index in [1.54, 1.807) is 11.8 Å². The van der Waals surface area contributed by atoms with E-state index in [9.17, 15) is 9.59 Å². The van der Waals surface area contributed by atoms with Crippen molar-refractivity contribution in [3.63, 3.8) is 0 Å². The first kappa shape index (κ1) is 13.6. The first-order valence-corrected chi connectivity index (χ1v) is 6.51. The zero-order valence-corrected chi connectivity index (χ0v) is 11.6. The number of rotatable bonds is 2. The number of hydrogen-bond acceptors (Lipinski definition) is 2. The number of fused-ring (bicyclic) bond motifs is 1. The molecule has 1 N–H and O–H groups in total. The number of benzene rings is 1. The first-order chi connectivity index (χ1) is 8.91. The fourth-order valence-electron chi connectivity index (χ4n) is 2.80. The summed E-state index contributed by atoms with van der Waals surface area (Å²) in [6.45, 7) is 6.16. The molecule has 1 aliphatic heterocycles. The molecule has 1 atom stereocenters. The standard InChI is InChI=1S/C15H19NO3/c1-9-4-5-13-12(8-14(18)19)6-7-16(11(3)17)15(13)10(9)2/h4-5,12H,6-8H2,1-3H3,(H,18,19). The van der Waals surface area contributed by atoms with Gasteiger partial charge in [-0.05, 0) is 42.9 Å². The molecule has 0 radical (unpaired) electrons. The molecule has 0 aromatic heterocycles. The Labute approximate surface area is 113 Å². The molecule has 0 aliphatic carbocycles. The molecular weight excluding hydrogens is 242 g/mol. The van der Waals surface area contributed by atoms with Crippen molar-refractivity contribution in [3.05, 3.63) is 28.8 Å². The molecule has 4 nitrogen and oxygen atoms in total. The number of carboxylic acids is 1. The number of carbonyl (C=O) groups is 2. The highest BCUT2D eigenvalue weighted by Crippen LogP contribution is 2.40. The number of nitrogens with zero attached hydrogens (tertiary/aromatic N) is 1. The number of anilines is 1. The van der Waals surface area contributed by atoms with Gasteiger partial charge in [-0.15, -0.1) is 0 Å². The fourth-order valence-corrected chi connectivity index (χ4v) is 2.80. The zero-order valence-electron chi connectivity index (χ0n) is 11.6. The van der Waals surface area contributed by atoms with Crippen molar-refractivity contribution in [1.82, 2.24) is 0 Å². The topological polar surface area (TPSA) is 57.6 Å². The largest absolute Gasteiger partial charge is 0.481 e. The summed E-state index contributed by atoms with van der Waals surface area (Å²) in [4.78, 5) is 24.5. The number of aliphatic carboxylic acids is 1. The van der Waals surface area contributed by atoms with Gasteiger partial charge in [-0.25, -0.2) is 0 Å². The van der Waals surface area contributed by atoms with Gasteiger partial charge < -0.3 is 10.0 Å². The normalized spacial score (nSPS) is 18.1. The molecule has 0 spiro atoms. The van der Waals surface area contributed by atoms with Crippen LogP contribution in [0, 0.1) is 13.8 Å². The van der Waals surface area contributed by atoms with Crippen LogP contribution in [-0.2, 0) is 9.59 Å². The quantitative estimate of drug-likeness (QED) is 0.890. The van der Waals surface area contributed by atoms with E-state index in [0.29, 0.717) is 13.0 Å². The second-order valence-corrected chi connectivity index (χ2v) is 5.20. The average Bonchev–Trinajstić information content (AvgIpc) is 2.33. The molecule has 1 heterocycles. The lowest BCUT2D eigenvalue weighted by Crippen LogP contribution is -2.36. The van der Waals surface area contributed by atoms with Gasteiger partial charge in [0, 0.05) is 13.5 Å². The minimum absolute atomic E-state index is 0.00222. The van der Waals surface area contributed by atoms with E-state index in [4.69, 9.17) is 5.11 Å². The molecule has 1 aromatic rings. The second kappa shape index (κ2) is 5.03. The molecule has 19 heavy (non-hydrogen) atoms. The third-order valence-corrected chi connectivity index (χ3v) is 3.95. The smallest absolute Gasteiger partial charge is 0.303 e. The summed E-state index contributed by atoms with van der Waals surface area (Å²) in [6, 6.07) is 3.98. The first-order valence-electron chi connectivity index (χ1n) is 6.51. The third-order valence-electron chi connectivity index (χ3n) is 3.95. The number of carbonyl (C=O) groups excluding carboxylic acids is 1. The van der Waals surface area contributed by atoms with Crippen molar-refractivity contribution >= 4 is 17.6 Å². The van der Waals surface area contributed by atoms with Crippen LogP contribution in [-0.4, -0.2) is 23.5 Å². The van der Waals surface area contributed by atoms with Crippen LogP contribution in [0.3, 0.4) is 0 Å². The van der Waals surface area contributed by atoms with E-state index in [1.807, 2.05) is 26.0 Å². The Bertz CT molecular complexity index is 536. The Morgan fingerprint density at radius 3 is 2.63 bits per heavy atom. The fraction of sp³-hybridized carbons (Fsp3) is 0.467. The van der Waals surface area contributed by atoms with Crippen LogP contribution in [0.4, 0.5) is 5.69 Å². The molecule has 0 saturated heterocycles. The Morgan fingerprint density at radius 1 is 1.37 bits per heavy atom. The van der Waals surface area contributed by atoms with Gasteiger partial charge in [0.05, 0.1) is 12.1 Å². The number of hydrogen-bond donors (Lipinski definition) is 1. The van der Waals surface area contributed by atoms with E-state index >= 15 is 0 Å². The van der Waals surface area contributed by atoms with Gasteiger partial charge >= 0.3 is 5.97 Å². The van der Waals surface area contributed by atoms with E-state index < -0.39 is 5.97 Å².